The van der Waals surface area contributed by atoms with Crippen LogP contribution in [-0.4, -0.2) is 47.4 Å². The number of amides is 1. The molecule has 0 fully saturated rings. The highest BCUT2D eigenvalue weighted by molar-refractivity contribution is 5.76. The second-order valence-corrected chi connectivity index (χ2v) is 19.6. The molecule has 0 aromatic carbocycles. The van der Waals surface area contributed by atoms with Gasteiger partial charge in [-0.25, -0.2) is 0 Å². The van der Waals surface area contributed by atoms with Gasteiger partial charge in [0.2, 0.25) is 5.91 Å². The van der Waals surface area contributed by atoms with Crippen LogP contribution in [0.3, 0.4) is 0 Å². The average molecular weight is 903 g/mol. The average Bonchev–Trinajstić information content (AvgIpc) is 3.29. The Morgan fingerprint density at radius 1 is 0.422 bits per heavy atom. The van der Waals surface area contributed by atoms with Crippen molar-refractivity contribution >= 4 is 11.9 Å². The summed E-state index contributed by atoms with van der Waals surface area (Å²) in [5, 5.41) is 22.9. The number of carbonyl (C=O) groups is 2. The zero-order chi connectivity index (χ0) is 46.5. The topological polar surface area (TPSA) is 95.9 Å². The number of aliphatic hydroxyl groups is 2. The molecule has 0 aliphatic heterocycles. The number of rotatable bonds is 53. The Morgan fingerprint density at radius 3 is 1.11 bits per heavy atom. The van der Waals surface area contributed by atoms with Gasteiger partial charge in [0.05, 0.1) is 25.4 Å². The molecule has 64 heavy (non-hydrogen) atoms. The van der Waals surface area contributed by atoms with Crippen LogP contribution in [0, 0.1) is 0 Å². The van der Waals surface area contributed by atoms with E-state index in [0.717, 1.165) is 38.5 Å². The van der Waals surface area contributed by atoms with Crippen LogP contribution in [0.2, 0.25) is 0 Å². The highest BCUT2D eigenvalue weighted by atomic mass is 16.5. The summed E-state index contributed by atoms with van der Waals surface area (Å²) in [6, 6.07) is -0.627. The lowest BCUT2D eigenvalue weighted by atomic mass is 10.0. The number of allylic oxidation sites excluding steroid dienone is 3. The molecule has 0 bridgehead atoms. The Hall–Kier alpha value is -1.66. The van der Waals surface area contributed by atoms with E-state index in [2.05, 4.69) is 31.3 Å². The van der Waals surface area contributed by atoms with Crippen molar-refractivity contribution in [2.45, 2.75) is 321 Å². The molecule has 6 heteroatoms. The van der Waals surface area contributed by atoms with Gasteiger partial charge in [0.25, 0.3) is 0 Å². The first-order chi connectivity index (χ1) is 31.5. The second kappa shape index (κ2) is 54.0. The summed E-state index contributed by atoms with van der Waals surface area (Å²) >= 11 is 0. The highest BCUT2D eigenvalue weighted by Crippen LogP contribution is 2.16. The fourth-order valence-corrected chi connectivity index (χ4v) is 8.81. The lowest BCUT2D eigenvalue weighted by Gasteiger charge is -2.20. The largest absolute Gasteiger partial charge is 0.466 e. The fraction of sp³-hybridized carbons (Fsp3) is 0.897. The quantitative estimate of drug-likeness (QED) is 0.0321. The summed E-state index contributed by atoms with van der Waals surface area (Å²) in [7, 11) is 0. The summed E-state index contributed by atoms with van der Waals surface area (Å²) in [6.45, 7) is 4.88. The minimum Gasteiger partial charge on any atom is -0.466 e. The molecule has 6 nitrogen and oxygen atoms in total. The van der Waals surface area contributed by atoms with Crippen LogP contribution in [0.4, 0.5) is 0 Å². The third-order valence-corrected chi connectivity index (χ3v) is 13.2. The van der Waals surface area contributed by atoms with Gasteiger partial charge in [-0.05, 0) is 57.8 Å². The van der Waals surface area contributed by atoms with E-state index in [9.17, 15) is 19.8 Å². The summed E-state index contributed by atoms with van der Waals surface area (Å²) in [5.41, 5.74) is 0. The molecular formula is C58H111NO5. The van der Waals surface area contributed by atoms with E-state index < -0.39 is 12.1 Å². The van der Waals surface area contributed by atoms with E-state index in [4.69, 9.17) is 4.74 Å². The minimum absolute atomic E-state index is 0.0143. The van der Waals surface area contributed by atoms with E-state index in [-0.39, 0.29) is 18.5 Å². The van der Waals surface area contributed by atoms with Crippen molar-refractivity contribution in [3.8, 4) is 0 Å². The zero-order valence-corrected chi connectivity index (χ0v) is 43.0. The van der Waals surface area contributed by atoms with E-state index >= 15 is 0 Å². The molecular weight excluding hydrogens is 791 g/mol. The van der Waals surface area contributed by atoms with Gasteiger partial charge in [-0.2, -0.15) is 0 Å². The molecule has 0 saturated heterocycles. The molecule has 0 aromatic heterocycles. The Kier molecular flexibility index (Phi) is 52.6. The van der Waals surface area contributed by atoms with Crippen LogP contribution in [-0.2, 0) is 14.3 Å². The molecule has 0 saturated carbocycles. The summed E-state index contributed by atoms with van der Waals surface area (Å²) in [6.07, 6.45) is 65.0. The first-order valence-electron chi connectivity index (χ1n) is 28.6. The van der Waals surface area contributed by atoms with Gasteiger partial charge in [-0.1, -0.05) is 263 Å². The number of hydrogen-bond acceptors (Lipinski definition) is 5. The van der Waals surface area contributed by atoms with Gasteiger partial charge in [-0.3, -0.25) is 9.59 Å². The first kappa shape index (κ1) is 62.3. The molecule has 0 radical (unpaired) electrons. The van der Waals surface area contributed by atoms with Gasteiger partial charge in [0, 0.05) is 12.8 Å². The van der Waals surface area contributed by atoms with Gasteiger partial charge >= 0.3 is 5.97 Å². The van der Waals surface area contributed by atoms with Crippen molar-refractivity contribution in [3.05, 3.63) is 24.3 Å². The molecule has 0 aliphatic carbocycles. The van der Waals surface area contributed by atoms with Crippen molar-refractivity contribution in [1.29, 1.82) is 0 Å². The maximum atomic E-state index is 12.4. The van der Waals surface area contributed by atoms with E-state index in [1.807, 2.05) is 6.08 Å². The summed E-state index contributed by atoms with van der Waals surface area (Å²) in [4.78, 5) is 24.4. The lowest BCUT2D eigenvalue weighted by molar-refractivity contribution is -0.143. The number of hydrogen-bond donors (Lipinski definition) is 3. The Morgan fingerprint density at radius 2 is 0.734 bits per heavy atom. The van der Waals surface area contributed by atoms with Crippen LogP contribution < -0.4 is 5.32 Å². The Bertz CT molecular complexity index is 997. The maximum Gasteiger partial charge on any atom is 0.305 e. The van der Waals surface area contributed by atoms with Gasteiger partial charge in [0.1, 0.15) is 0 Å². The number of nitrogens with one attached hydrogen (secondary N) is 1. The number of carbonyl (C=O) groups excluding carboxylic acids is 2. The van der Waals surface area contributed by atoms with Crippen molar-refractivity contribution in [2.24, 2.45) is 0 Å². The minimum atomic E-state index is -0.843. The van der Waals surface area contributed by atoms with Gasteiger partial charge < -0.3 is 20.3 Å². The lowest BCUT2D eigenvalue weighted by Crippen LogP contribution is -2.45. The number of aliphatic hydroxyl groups excluding tert-OH is 2. The number of ether oxygens (including phenoxy) is 1. The molecule has 0 aliphatic rings. The van der Waals surface area contributed by atoms with E-state index in [1.165, 1.54) is 244 Å². The van der Waals surface area contributed by atoms with Gasteiger partial charge in [-0.15, -0.1) is 0 Å². The normalized spacial score (nSPS) is 12.8. The predicted octanol–water partition coefficient (Wildman–Crippen LogP) is 17.5. The summed E-state index contributed by atoms with van der Waals surface area (Å²) < 4.78 is 5.47. The molecule has 0 aromatic rings. The molecule has 1 amide bonds. The van der Waals surface area contributed by atoms with Crippen molar-refractivity contribution in [2.75, 3.05) is 13.2 Å². The fourth-order valence-electron chi connectivity index (χ4n) is 8.81. The molecule has 2 atom stereocenters. The molecule has 0 rings (SSSR count). The Balaban J connectivity index is 3.37. The molecule has 3 N–H and O–H groups in total. The molecule has 0 heterocycles. The second-order valence-electron chi connectivity index (χ2n) is 19.6. The first-order valence-corrected chi connectivity index (χ1v) is 28.6. The zero-order valence-electron chi connectivity index (χ0n) is 43.0. The molecule has 0 spiro atoms. The number of esters is 1. The van der Waals surface area contributed by atoms with Crippen molar-refractivity contribution in [3.63, 3.8) is 0 Å². The van der Waals surface area contributed by atoms with Crippen LogP contribution in [0.5, 0.6) is 0 Å². The van der Waals surface area contributed by atoms with Crippen molar-refractivity contribution in [1.82, 2.24) is 5.32 Å². The van der Waals surface area contributed by atoms with E-state index in [1.54, 1.807) is 6.08 Å². The summed E-state index contributed by atoms with van der Waals surface area (Å²) in [5.74, 6) is -0.0591. The monoisotopic (exact) mass is 902 g/mol. The molecule has 378 valence electrons. The third kappa shape index (κ3) is 49.8. The maximum absolute atomic E-state index is 12.4. The number of unbranched alkanes of at least 4 members (excludes halogenated alkanes) is 40. The van der Waals surface area contributed by atoms with Crippen LogP contribution in [0.25, 0.3) is 0 Å². The van der Waals surface area contributed by atoms with Crippen LogP contribution in [0.1, 0.15) is 309 Å². The Labute approximate surface area is 399 Å². The third-order valence-electron chi connectivity index (χ3n) is 13.2. The molecule has 2 unspecified atom stereocenters. The van der Waals surface area contributed by atoms with Crippen LogP contribution in [0.15, 0.2) is 24.3 Å². The predicted molar refractivity (Wildman–Crippen MR) is 278 cm³/mol. The SMILES string of the molecule is CCCCCCCCC/C=C/C(O)C(CO)NC(=O)CCCCCCCCCCC/C=C\CCCCCCCCCCCCCCOC(=O)CCCCCCCCCCCCCCC. The highest BCUT2D eigenvalue weighted by Gasteiger charge is 2.18. The van der Waals surface area contributed by atoms with Gasteiger partial charge in [0.15, 0.2) is 0 Å². The van der Waals surface area contributed by atoms with Crippen LogP contribution >= 0.6 is 0 Å². The standard InChI is InChI=1S/C58H111NO5/c1-3-5-7-9-11-13-14-28-32-36-40-44-48-52-58(63)64-53-49-45-41-37-33-30-27-25-23-21-19-17-15-16-18-20-22-24-26-29-31-35-39-43-47-51-57(62)59-55(54-60)56(61)50-46-42-38-34-12-10-8-6-4-2/h16,18,46,50,55-56,60-61H,3-15,17,19-45,47-49,51-54H2,1-2H3,(H,59,62)/b18-16-,50-46+. The van der Waals surface area contributed by atoms with E-state index in [0.29, 0.717) is 19.4 Å². The van der Waals surface area contributed by atoms with Crippen molar-refractivity contribution < 1.29 is 24.5 Å². The smallest absolute Gasteiger partial charge is 0.305 e.